The molecular weight excluding hydrogens is 254 g/mol. The highest BCUT2D eigenvalue weighted by atomic mass is 79.9. The lowest BCUT2D eigenvalue weighted by molar-refractivity contribution is 0.709. The largest absolute Gasteiger partial charge is 0.320 e. The highest BCUT2D eigenvalue weighted by Crippen LogP contribution is 2.45. The SMILES string of the molecule is Cc1cccn2c(Br)c(C3(N)CC3)nc12. The van der Waals surface area contributed by atoms with Crippen molar-refractivity contribution in [1.82, 2.24) is 9.38 Å². The lowest BCUT2D eigenvalue weighted by Gasteiger charge is -2.03. The number of rotatable bonds is 1. The molecule has 1 fully saturated rings. The van der Waals surface area contributed by atoms with Crippen molar-refractivity contribution in [1.29, 1.82) is 0 Å². The molecule has 0 aliphatic heterocycles. The van der Waals surface area contributed by atoms with Gasteiger partial charge < -0.3 is 5.73 Å². The summed E-state index contributed by atoms with van der Waals surface area (Å²) in [6.45, 7) is 2.06. The number of aromatic nitrogens is 2. The normalized spacial score (nSPS) is 18.3. The van der Waals surface area contributed by atoms with Gasteiger partial charge in [-0.3, -0.25) is 4.40 Å². The van der Waals surface area contributed by atoms with Crippen molar-refractivity contribution >= 4 is 21.6 Å². The minimum absolute atomic E-state index is 0.183. The maximum atomic E-state index is 6.18. The Morgan fingerprint density at radius 2 is 2.27 bits per heavy atom. The molecule has 0 aromatic carbocycles. The fourth-order valence-corrected chi connectivity index (χ4v) is 2.63. The quantitative estimate of drug-likeness (QED) is 0.861. The van der Waals surface area contributed by atoms with Gasteiger partial charge in [-0.2, -0.15) is 0 Å². The molecule has 0 saturated heterocycles. The molecule has 1 aliphatic rings. The first-order chi connectivity index (χ1) is 7.12. The van der Waals surface area contributed by atoms with Gasteiger partial charge >= 0.3 is 0 Å². The van der Waals surface area contributed by atoms with E-state index in [4.69, 9.17) is 5.73 Å². The molecule has 2 aromatic heterocycles. The molecule has 78 valence electrons. The third kappa shape index (κ3) is 1.25. The number of fused-ring (bicyclic) bond motifs is 1. The molecule has 0 spiro atoms. The third-order valence-electron chi connectivity index (χ3n) is 3.05. The first kappa shape index (κ1) is 9.36. The molecule has 0 bridgehead atoms. The number of aryl methyl sites for hydroxylation is 1. The summed E-state index contributed by atoms with van der Waals surface area (Å²) >= 11 is 3.58. The zero-order valence-corrected chi connectivity index (χ0v) is 10.1. The third-order valence-corrected chi connectivity index (χ3v) is 3.80. The van der Waals surface area contributed by atoms with Crippen molar-refractivity contribution in [2.75, 3.05) is 0 Å². The van der Waals surface area contributed by atoms with Crippen molar-refractivity contribution in [2.45, 2.75) is 25.3 Å². The molecular formula is C11H12BrN3. The summed E-state index contributed by atoms with van der Waals surface area (Å²) in [7, 11) is 0. The van der Waals surface area contributed by atoms with Gasteiger partial charge in [-0.15, -0.1) is 0 Å². The van der Waals surface area contributed by atoms with Gasteiger partial charge in [-0.05, 0) is 47.3 Å². The first-order valence-corrected chi connectivity index (χ1v) is 5.84. The molecule has 0 atom stereocenters. The average molecular weight is 266 g/mol. The minimum atomic E-state index is -0.183. The topological polar surface area (TPSA) is 43.3 Å². The number of halogens is 1. The molecule has 1 saturated carbocycles. The van der Waals surface area contributed by atoms with Crippen LogP contribution in [-0.4, -0.2) is 9.38 Å². The second kappa shape index (κ2) is 2.83. The van der Waals surface area contributed by atoms with Gasteiger partial charge in [0.2, 0.25) is 0 Å². The predicted octanol–water partition coefficient (Wildman–Crippen LogP) is 2.35. The number of nitrogens with zero attached hydrogens (tertiary/aromatic N) is 2. The maximum absolute atomic E-state index is 6.18. The molecule has 2 heterocycles. The zero-order chi connectivity index (χ0) is 10.6. The Labute approximate surface area is 96.4 Å². The Morgan fingerprint density at radius 3 is 2.87 bits per heavy atom. The van der Waals surface area contributed by atoms with Crippen LogP contribution in [0, 0.1) is 6.92 Å². The van der Waals surface area contributed by atoms with Gasteiger partial charge in [-0.1, -0.05) is 6.07 Å². The van der Waals surface area contributed by atoms with Crippen LogP contribution in [0.3, 0.4) is 0 Å². The molecule has 4 heteroatoms. The van der Waals surface area contributed by atoms with Gasteiger partial charge in [0, 0.05) is 6.20 Å². The van der Waals surface area contributed by atoms with Crippen LogP contribution in [0.2, 0.25) is 0 Å². The van der Waals surface area contributed by atoms with Crippen molar-refractivity contribution in [3.8, 4) is 0 Å². The summed E-state index contributed by atoms with van der Waals surface area (Å²) in [4.78, 5) is 4.64. The maximum Gasteiger partial charge on any atom is 0.140 e. The van der Waals surface area contributed by atoms with E-state index in [2.05, 4.69) is 38.3 Å². The Balaban J connectivity index is 2.34. The molecule has 15 heavy (non-hydrogen) atoms. The summed E-state index contributed by atoms with van der Waals surface area (Å²) < 4.78 is 3.05. The van der Waals surface area contributed by atoms with Crippen molar-refractivity contribution in [3.05, 3.63) is 34.2 Å². The highest BCUT2D eigenvalue weighted by Gasteiger charge is 2.44. The van der Waals surface area contributed by atoms with E-state index >= 15 is 0 Å². The number of hydrogen-bond acceptors (Lipinski definition) is 2. The van der Waals surface area contributed by atoms with E-state index < -0.39 is 0 Å². The zero-order valence-electron chi connectivity index (χ0n) is 8.50. The van der Waals surface area contributed by atoms with Gasteiger partial charge in [0.25, 0.3) is 0 Å². The summed E-state index contributed by atoms with van der Waals surface area (Å²) in [5.41, 5.74) is 9.16. The highest BCUT2D eigenvalue weighted by molar-refractivity contribution is 9.10. The monoisotopic (exact) mass is 265 g/mol. The lowest BCUT2D eigenvalue weighted by atomic mass is 10.2. The number of pyridine rings is 1. The molecule has 0 amide bonds. The number of hydrogen-bond donors (Lipinski definition) is 1. The van der Waals surface area contributed by atoms with Crippen molar-refractivity contribution in [3.63, 3.8) is 0 Å². The van der Waals surface area contributed by atoms with E-state index in [9.17, 15) is 0 Å². The van der Waals surface area contributed by atoms with E-state index in [1.54, 1.807) is 0 Å². The van der Waals surface area contributed by atoms with Gasteiger partial charge in [-0.25, -0.2) is 4.98 Å². The van der Waals surface area contributed by atoms with E-state index in [0.717, 1.165) is 28.8 Å². The van der Waals surface area contributed by atoms with Crippen molar-refractivity contribution in [2.24, 2.45) is 5.73 Å². The second-order valence-electron chi connectivity index (χ2n) is 4.29. The van der Waals surface area contributed by atoms with Gasteiger partial charge in [0.1, 0.15) is 10.3 Å². The van der Waals surface area contributed by atoms with Crippen LogP contribution < -0.4 is 5.73 Å². The first-order valence-electron chi connectivity index (χ1n) is 5.04. The summed E-state index contributed by atoms with van der Waals surface area (Å²) in [6.07, 6.45) is 4.08. The fraction of sp³-hybridized carbons (Fsp3) is 0.364. The molecule has 0 unspecified atom stereocenters. The molecule has 2 aromatic rings. The molecule has 2 N–H and O–H groups in total. The van der Waals surface area contributed by atoms with Crippen molar-refractivity contribution < 1.29 is 0 Å². The Hall–Kier alpha value is -0.870. The fourth-order valence-electron chi connectivity index (χ4n) is 1.86. The number of nitrogens with two attached hydrogens (primary N) is 1. The van der Waals surface area contributed by atoms with Gasteiger partial charge in [0.05, 0.1) is 11.2 Å². The van der Waals surface area contributed by atoms with Crippen LogP contribution in [0.4, 0.5) is 0 Å². The van der Waals surface area contributed by atoms with Crippen LogP contribution in [-0.2, 0) is 5.54 Å². The summed E-state index contributed by atoms with van der Waals surface area (Å²) in [5.74, 6) is 0. The van der Waals surface area contributed by atoms with Crippen LogP contribution >= 0.6 is 15.9 Å². The lowest BCUT2D eigenvalue weighted by Crippen LogP contribution is -2.19. The van der Waals surface area contributed by atoms with E-state index in [1.807, 2.05) is 12.3 Å². The van der Waals surface area contributed by atoms with Crippen LogP contribution in [0.5, 0.6) is 0 Å². The molecule has 0 radical (unpaired) electrons. The Bertz CT molecular complexity index is 540. The molecule has 3 rings (SSSR count). The standard InChI is InChI=1S/C11H12BrN3/c1-7-3-2-6-15-9(12)8(14-10(7)15)11(13)4-5-11/h2-3,6H,4-5,13H2,1H3. The number of imidazole rings is 1. The summed E-state index contributed by atoms with van der Waals surface area (Å²) in [6, 6.07) is 4.09. The predicted molar refractivity (Wildman–Crippen MR) is 62.7 cm³/mol. The van der Waals surface area contributed by atoms with Crippen LogP contribution in [0.15, 0.2) is 22.9 Å². The summed E-state index contributed by atoms with van der Waals surface area (Å²) in [5, 5.41) is 0. The molecule has 1 aliphatic carbocycles. The minimum Gasteiger partial charge on any atom is -0.320 e. The van der Waals surface area contributed by atoms with E-state index in [1.165, 1.54) is 5.56 Å². The second-order valence-corrected chi connectivity index (χ2v) is 5.04. The van der Waals surface area contributed by atoms with Crippen LogP contribution in [0.1, 0.15) is 24.1 Å². The smallest absolute Gasteiger partial charge is 0.140 e. The van der Waals surface area contributed by atoms with E-state index in [-0.39, 0.29) is 5.54 Å². The van der Waals surface area contributed by atoms with Gasteiger partial charge in [0.15, 0.2) is 0 Å². The molecule has 3 nitrogen and oxygen atoms in total. The van der Waals surface area contributed by atoms with Crippen LogP contribution in [0.25, 0.3) is 5.65 Å². The average Bonchev–Trinajstić information content (AvgIpc) is 2.85. The van der Waals surface area contributed by atoms with E-state index in [0.29, 0.717) is 0 Å². The Kier molecular flexibility index (Phi) is 1.77. The Morgan fingerprint density at radius 1 is 1.53 bits per heavy atom.